The third-order valence-electron chi connectivity index (χ3n) is 3.13. The predicted octanol–water partition coefficient (Wildman–Crippen LogP) is 1.85. The Hall–Kier alpha value is -1.52. The summed E-state index contributed by atoms with van der Waals surface area (Å²) in [5.41, 5.74) is 1.02. The van der Waals surface area contributed by atoms with Crippen molar-refractivity contribution in [2.24, 2.45) is 0 Å². The van der Waals surface area contributed by atoms with E-state index in [1.54, 1.807) is 0 Å². The molecule has 0 amide bonds. The average molecular weight is 262 g/mol. The zero-order chi connectivity index (χ0) is 13.9. The Bertz CT molecular complexity index is 425. The average Bonchev–Trinajstić information content (AvgIpc) is 2.86. The molecule has 2 rings (SSSR count). The van der Waals surface area contributed by atoms with Crippen molar-refractivity contribution in [1.29, 1.82) is 0 Å². The van der Waals surface area contributed by atoms with Gasteiger partial charge in [-0.15, -0.1) is 0 Å². The summed E-state index contributed by atoms with van der Waals surface area (Å²) in [6, 6.07) is 10.1. The number of nitrogens with zero attached hydrogens (tertiary/aromatic N) is 2. The van der Waals surface area contributed by atoms with Crippen LogP contribution in [0.25, 0.3) is 0 Å². The first-order valence-electron chi connectivity index (χ1n) is 6.46. The van der Waals surface area contributed by atoms with Gasteiger partial charge in [0.25, 0.3) is 0 Å². The minimum absolute atomic E-state index is 0.611. The summed E-state index contributed by atoms with van der Waals surface area (Å²) in [5, 5.41) is 0. The third kappa shape index (κ3) is 2.91. The maximum absolute atomic E-state index is 5.91. The van der Waals surface area contributed by atoms with E-state index >= 15 is 0 Å². The van der Waals surface area contributed by atoms with Crippen LogP contribution in [0.15, 0.2) is 42.2 Å². The molecule has 1 aliphatic rings. The van der Waals surface area contributed by atoms with Crippen molar-refractivity contribution < 1.29 is 9.47 Å². The molecule has 0 aromatic heterocycles. The van der Waals surface area contributed by atoms with Crippen LogP contribution >= 0.6 is 0 Å². The van der Waals surface area contributed by atoms with E-state index in [4.69, 9.17) is 9.47 Å². The van der Waals surface area contributed by atoms with Crippen molar-refractivity contribution in [2.45, 2.75) is 5.79 Å². The maximum Gasteiger partial charge on any atom is 0.219 e. The zero-order valence-electron chi connectivity index (χ0n) is 12.1. The fourth-order valence-corrected chi connectivity index (χ4v) is 2.26. The Morgan fingerprint density at radius 1 is 1.00 bits per heavy atom. The van der Waals surface area contributed by atoms with E-state index in [-0.39, 0.29) is 0 Å². The molecule has 0 aliphatic carbocycles. The molecular formula is C15H22N2O2. The minimum Gasteiger partial charge on any atom is -0.365 e. The van der Waals surface area contributed by atoms with Gasteiger partial charge in [-0.2, -0.15) is 0 Å². The van der Waals surface area contributed by atoms with Gasteiger partial charge in [0, 0.05) is 39.8 Å². The molecule has 4 heteroatoms. The number of hydrogen-bond acceptors (Lipinski definition) is 4. The van der Waals surface area contributed by atoms with Crippen LogP contribution in [-0.2, 0) is 15.3 Å². The van der Waals surface area contributed by atoms with Crippen LogP contribution in [0.5, 0.6) is 0 Å². The Kier molecular flexibility index (Phi) is 4.12. The fourth-order valence-electron chi connectivity index (χ4n) is 2.26. The Labute approximate surface area is 115 Å². The highest BCUT2D eigenvalue weighted by Crippen LogP contribution is 2.34. The molecule has 0 unspecified atom stereocenters. The number of ether oxygens (including phenoxy) is 2. The summed E-state index contributed by atoms with van der Waals surface area (Å²) in [6.07, 6.45) is 2.04. The van der Waals surface area contributed by atoms with E-state index < -0.39 is 5.79 Å². The van der Waals surface area contributed by atoms with Crippen LogP contribution < -0.4 is 0 Å². The number of benzene rings is 1. The Morgan fingerprint density at radius 3 is 2.00 bits per heavy atom. The van der Waals surface area contributed by atoms with Gasteiger partial charge in [0.1, 0.15) is 5.82 Å². The minimum atomic E-state index is -0.773. The van der Waals surface area contributed by atoms with E-state index in [2.05, 4.69) is 9.80 Å². The van der Waals surface area contributed by atoms with E-state index in [1.165, 1.54) is 0 Å². The van der Waals surface area contributed by atoms with E-state index in [9.17, 15) is 0 Å². The number of rotatable bonds is 4. The first-order valence-corrected chi connectivity index (χ1v) is 6.46. The SMILES string of the molecule is CN(C)C(=CC1(c2ccccc2)OCCO1)N(C)C. The summed E-state index contributed by atoms with van der Waals surface area (Å²) in [4.78, 5) is 4.10. The molecule has 4 nitrogen and oxygen atoms in total. The molecule has 1 aliphatic heterocycles. The summed E-state index contributed by atoms with van der Waals surface area (Å²) in [5.74, 6) is 0.274. The predicted molar refractivity (Wildman–Crippen MR) is 75.5 cm³/mol. The molecule has 1 heterocycles. The molecule has 0 saturated carbocycles. The summed E-state index contributed by atoms with van der Waals surface area (Å²) >= 11 is 0. The number of hydrogen-bond donors (Lipinski definition) is 0. The molecule has 1 fully saturated rings. The smallest absolute Gasteiger partial charge is 0.219 e. The lowest BCUT2D eigenvalue weighted by molar-refractivity contribution is -0.125. The van der Waals surface area contributed by atoms with Gasteiger partial charge in [-0.1, -0.05) is 30.3 Å². The van der Waals surface area contributed by atoms with Gasteiger partial charge < -0.3 is 19.3 Å². The van der Waals surface area contributed by atoms with Crippen molar-refractivity contribution in [2.75, 3.05) is 41.4 Å². The van der Waals surface area contributed by atoms with Crippen molar-refractivity contribution in [3.63, 3.8) is 0 Å². The van der Waals surface area contributed by atoms with Crippen molar-refractivity contribution in [3.8, 4) is 0 Å². The molecule has 1 saturated heterocycles. The first-order chi connectivity index (χ1) is 9.05. The van der Waals surface area contributed by atoms with Crippen LogP contribution in [-0.4, -0.2) is 51.2 Å². The molecule has 0 N–H and O–H groups in total. The van der Waals surface area contributed by atoms with Gasteiger partial charge in [-0.3, -0.25) is 0 Å². The van der Waals surface area contributed by atoms with E-state index in [0.717, 1.165) is 11.4 Å². The van der Waals surface area contributed by atoms with Gasteiger partial charge in [0.2, 0.25) is 5.79 Å². The Morgan fingerprint density at radius 2 is 1.53 bits per heavy atom. The van der Waals surface area contributed by atoms with Gasteiger partial charge in [0.15, 0.2) is 0 Å². The molecule has 1 aromatic rings. The molecular weight excluding hydrogens is 240 g/mol. The Balaban J connectivity index is 2.43. The highest BCUT2D eigenvalue weighted by atomic mass is 16.7. The quantitative estimate of drug-likeness (QED) is 0.827. The molecule has 1 aromatic carbocycles. The van der Waals surface area contributed by atoms with Gasteiger partial charge in [-0.05, 0) is 0 Å². The lowest BCUT2D eigenvalue weighted by Gasteiger charge is -2.30. The van der Waals surface area contributed by atoms with Crippen LogP contribution in [0.4, 0.5) is 0 Å². The first kappa shape index (κ1) is 13.9. The highest BCUT2D eigenvalue weighted by molar-refractivity contribution is 5.27. The second-order valence-electron chi connectivity index (χ2n) is 5.02. The molecule has 19 heavy (non-hydrogen) atoms. The summed E-state index contributed by atoms with van der Waals surface area (Å²) in [6.45, 7) is 1.22. The van der Waals surface area contributed by atoms with Crippen molar-refractivity contribution >= 4 is 0 Å². The molecule has 0 spiro atoms. The normalized spacial score (nSPS) is 17.1. The largest absolute Gasteiger partial charge is 0.365 e. The second kappa shape index (κ2) is 5.63. The van der Waals surface area contributed by atoms with Crippen LogP contribution in [0, 0.1) is 0 Å². The van der Waals surface area contributed by atoms with Crippen LogP contribution in [0.1, 0.15) is 5.56 Å². The van der Waals surface area contributed by atoms with Crippen LogP contribution in [0.3, 0.4) is 0 Å². The zero-order valence-corrected chi connectivity index (χ0v) is 12.1. The van der Waals surface area contributed by atoms with Gasteiger partial charge in [0.05, 0.1) is 13.2 Å². The fraction of sp³-hybridized carbons (Fsp3) is 0.467. The maximum atomic E-state index is 5.91. The van der Waals surface area contributed by atoms with Crippen LogP contribution in [0.2, 0.25) is 0 Å². The third-order valence-corrected chi connectivity index (χ3v) is 3.13. The second-order valence-corrected chi connectivity index (χ2v) is 5.02. The molecule has 0 bridgehead atoms. The van der Waals surface area contributed by atoms with Gasteiger partial charge in [-0.25, -0.2) is 0 Å². The summed E-state index contributed by atoms with van der Waals surface area (Å²) < 4.78 is 11.8. The van der Waals surface area contributed by atoms with Gasteiger partial charge >= 0.3 is 0 Å². The lowest BCUT2D eigenvalue weighted by Crippen LogP contribution is -2.31. The highest BCUT2D eigenvalue weighted by Gasteiger charge is 2.37. The molecule has 0 radical (unpaired) electrons. The van der Waals surface area contributed by atoms with Crippen molar-refractivity contribution in [1.82, 2.24) is 9.80 Å². The standard InChI is InChI=1S/C15H22N2O2/c1-16(2)14(17(3)4)12-15(18-10-11-19-15)13-8-6-5-7-9-13/h5-9,12H,10-11H2,1-4H3. The van der Waals surface area contributed by atoms with Crippen molar-refractivity contribution in [3.05, 3.63) is 47.8 Å². The topological polar surface area (TPSA) is 24.9 Å². The van der Waals surface area contributed by atoms with E-state index in [1.807, 2.05) is 64.6 Å². The monoisotopic (exact) mass is 262 g/mol. The molecule has 104 valence electrons. The lowest BCUT2D eigenvalue weighted by atomic mass is 10.1. The molecule has 0 atom stereocenters. The van der Waals surface area contributed by atoms with E-state index in [0.29, 0.717) is 13.2 Å². The summed E-state index contributed by atoms with van der Waals surface area (Å²) in [7, 11) is 8.05.